The van der Waals surface area contributed by atoms with E-state index in [-0.39, 0.29) is 39.9 Å². The van der Waals surface area contributed by atoms with Crippen molar-refractivity contribution in [1.29, 1.82) is 0 Å². The zero-order valence-corrected chi connectivity index (χ0v) is 12.7. The summed E-state index contributed by atoms with van der Waals surface area (Å²) in [7, 11) is 0. The minimum atomic E-state index is 0. The van der Waals surface area contributed by atoms with Crippen LogP contribution in [0.25, 0.3) is 21.5 Å². The first-order valence-corrected chi connectivity index (χ1v) is 6.14. The van der Waals surface area contributed by atoms with Crippen molar-refractivity contribution in [3.05, 3.63) is 84.9 Å². The average molecular weight is 388 g/mol. The summed E-state index contributed by atoms with van der Waals surface area (Å²) >= 11 is 0. The summed E-state index contributed by atoms with van der Waals surface area (Å²) < 4.78 is 0. The molecular weight excluding hydrogens is 373 g/mol. The zero-order valence-electron chi connectivity index (χ0n) is 10.4. The van der Waals surface area contributed by atoms with E-state index in [4.69, 9.17) is 0 Å². The predicted molar refractivity (Wildman–Crippen MR) is 79.1 cm³/mol. The minimum Gasteiger partial charge on any atom is -0.168 e. The van der Waals surface area contributed by atoms with Gasteiger partial charge in [0.15, 0.2) is 0 Å². The molecule has 1 heteroatoms. The molecule has 0 saturated heterocycles. The molecule has 0 atom stereocenters. The van der Waals surface area contributed by atoms with Crippen LogP contribution in [0.1, 0.15) is 0 Å². The summed E-state index contributed by atoms with van der Waals surface area (Å²) in [4.78, 5) is 0. The number of fused-ring (bicyclic) bond motifs is 2. The maximum absolute atomic E-state index is 2.12. The molecule has 0 heterocycles. The van der Waals surface area contributed by atoms with E-state index in [0.717, 1.165) is 0 Å². The van der Waals surface area contributed by atoms with Gasteiger partial charge in [-0.25, -0.2) is 0 Å². The Balaban J connectivity index is 0.000000133. The van der Waals surface area contributed by atoms with E-state index in [2.05, 4.69) is 84.9 Å². The van der Waals surface area contributed by atoms with E-state index < -0.39 is 0 Å². The molecule has 0 aliphatic heterocycles. The van der Waals surface area contributed by atoms with E-state index in [1.807, 2.05) is 0 Å². The molecule has 4 rings (SSSR count). The number of hydrogen-bond donors (Lipinski definition) is 0. The van der Waals surface area contributed by atoms with Gasteiger partial charge in [0.2, 0.25) is 0 Å². The van der Waals surface area contributed by atoms with Crippen LogP contribution in [0.4, 0.5) is 0 Å². The van der Waals surface area contributed by atoms with Crippen LogP contribution in [0.5, 0.6) is 0 Å². The molecule has 0 N–H and O–H groups in total. The minimum absolute atomic E-state index is 0. The molecule has 0 saturated carbocycles. The maximum atomic E-state index is 2.12. The first-order chi connectivity index (χ1) is 8.93. The SMILES string of the molecule is [Gd+2].c1ccc2[cH-]ccc2c1.c1ccc2[cH-]ccc2c1. The monoisotopic (exact) mass is 388 g/mol. The van der Waals surface area contributed by atoms with Crippen molar-refractivity contribution in [3.8, 4) is 0 Å². The van der Waals surface area contributed by atoms with Crippen LogP contribution in [0.2, 0.25) is 0 Å². The van der Waals surface area contributed by atoms with Gasteiger partial charge in [-0.1, -0.05) is 12.1 Å². The Morgan fingerprint density at radius 3 is 1.37 bits per heavy atom. The van der Waals surface area contributed by atoms with Crippen LogP contribution >= 0.6 is 0 Å². The Bertz CT molecular complexity index is 620. The van der Waals surface area contributed by atoms with Crippen LogP contribution in [0, 0.1) is 39.9 Å². The summed E-state index contributed by atoms with van der Waals surface area (Å²) in [6, 6.07) is 29.3. The predicted octanol–water partition coefficient (Wildman–Crippen LogP) is 5.12. The summed E-state index contributed by atoms with van der Waals surface area (Å²) in [5.74, 6) is 0. The molecule has 0 radical (unpaired) electrons. The van der Waals surface area contributed by atoms with Crippen molar-refractivity contribution in [3.63, 3.8) is 0 Å². The molecule has 0 aliphatic rings. The van der Waals surface area contributed by atoms with Gasteiger partial charge in [-0.05, 0) is 0 Å². The van der Waals surface area contributed by atoms with Crippen LogP contribution in [-0.2, 0) is 0 Å². The molecular formula is C18H14Gd. The van der Waals surface area contributed by atoms with Crippen molar-refractivity contribution in [1.82, 2.24) is 0 Å². The Hall–Kier alpha value is -1.02. The Morgan fingerprint density at radius 2 is 0.947 bits per heavy atom. The van der Waals surface area contributed by atoms with Crippen molar-refractivity contribution < 1.29 is 39.9 Å². The van der Waals surface area contributed by atoms with E-state index in [9.17, 15) is 0 Å². The van der Waals surface area contributed by atoms with E-state index in [0.29, 0.717) is 0 Å². The average Bonchev–Trinajstić information content (AvgIpc) is 3.08. The third-order valence-electron chi connectivity index (χ3n) is 3.10. The summed E-state index contributed by atoms with van der Waals surface area (Å²) in [6.07, 6.45) is 0. The van der Waals surface area contributed by atoms with Gasteiger partial charge < -0.3 is 0 Å². The number of hydrogen-bond acceptors (Lipinski definition) is 0. The Kier molecular flexibility index (Phi) is 5.27. The maximum Gasteiger partial charge on any atom is 2.00 e. The van der Waals surface area contributed by atoms with Gasteiger partial charge in [-0.15, -0.1) is 59.3 Å². The Labute approximate surface area is 145 Å². The van der Waals surface area contributed by atoms with Gasteiger partial charge in [-0.3, -0.25) is 0 Å². The second-order valence-corrected chi connectivity index (χ2v) is 4.31. The molecule has 0 spiro atoms. The van der Waals surface area contributed by atoms with Crippen molar-refractivity contribution >= 4 is 21.5 Å². The molecule has 0 fully saturated rings. The molecule has 0 amide bonds. The van der Waals surface area contributed by atoms with E-state index >= 15 is 0 Å². The van der Waals surface area contributed by atoms with Crippen molar-refractivity contribution in [2.24, 2.45) is 0 Å². The third kappa shape index (κ3) is 3.51. The molecule has 0 nitrogen and oxygen atoms in total. The standard InChI is InChI=1S/2C9H7.Gd/c2*1-2-5-9-7-3-6-8(9)4-1;/h2*1-7H;/q2*-1;+2. The van der Waals surface area contributed by atoms with Crippen LogP contribution in [0.3, 0.4) is 0 Å². The fraction of sp³-hybridized carbons (Fsp3) is 0. The largest absolute Gasteiger partial charge is 2.00 e. The quantitative estimate of drug-likeness (QED) is 0.368. The fourth-order valence-corrected chi connectivity index (χ4v) is 2.14. The van der Waals surface area contributed by atoms with Gasteiger partial charge in [-0.2, -0.15) is 35.0 Å². The second-order valence-electron chi connectivity index (χ2n) is 4.31. The van der Waals surface area contributed by atoms with Gasteiger partial charge in [0.25, 0.3) is 0 Å². The van der Waals surface area contributed by atoms with Crippen LogP contribution < -0.4 is 0 Å². The number of benzene rings is 2. The van der Waals surface area contributed by atoms with E-state index in [1.165, 1.54) is 21.5 Å². The first-order valence-electron chi connectivity index (χ1n) is 6.14. The Morgan fingerprint density at radius 1 is 0.526 bits per heavy atom. The molecule has 0 aromatic heterocycles. The van der Waals surface area contributed by atoms with Crippen LogP contribution in [0.15, 0.2) is 84.9 Å². The van der Waals surface area contributed by atoms with Gasteiger partial charge in [0, 0.05) is 0 Å². The summed E-state index contributed by atoms with van der Waals surface area (Å²) in [5, 5.41) is 5.32. The van der Waals surface area contributed by atoms with Gasteiger partial charge >= 0.3 is 39.9 Å². The molecule has 94 valence electrons. The smallest absolute Gasteiger partial charge is 0.168 e. The van der Waals surface area contributed by atoms with Gasteiger partial charge in [0.05, 0.1) is 0 Å². The fourth-order valence-electron chi connectivity index (χ4n) is 2.14. The molecule has 0 aliphatic carbocycles. The normalized spacial score (nSPS) is 9.68. The van der Waals surface area contributed by atoms with Gasteiger partial charge in [0.1, 0.15) is 0 Å². The first kappa shape index (κ1) is 14.4. The zero-order chi connectivity index (χ0) is 12.2. The summed E-state index contributed by atoms with van der Waals surface area (Å²) in [6.45, 7) is 0. The molecule has 4 aromatic carbocycles. The van der Waals surface area contributed by atoms with E-state index in [1.54, 1.807) is 0 Å². The van der Waals surface area contributed by atoms with Crippen molar-refractivity contribution in [2.45, 2.75) is 0 Å². The molecule has 0 bridgehead atoms. The third-order valence-corrected chi connectivity index (χ3v) is 3.10. The van der Waals surface area contributed by atoms with Crippen LogP contribution in [-0.4, -0.2) is 0 Å². The molecule has 0 unspecified atom stereocenters. The topological polar surface area (TPSA) is 0 Å². The van der Waals surface area contributed by atoms with Crippen molar-refractivity contribution in [2.75, 3.05) is 0 Å². The molecule has 19 heavy (non-hydrogen) atoms. The summed E-state index contributed by atoms with van der Waals surface area (Å²) in [5.41, 5.74) is 0. The molecule has 4 aromatic rings. The second kappa shape index (κ2) is 6.95. The number of rotatable bonds is 0.